The number of ether oxygens (including phenoxy) is 1. The molecule has 0 saturated heterocycles. The molecular formula is C26H26N4O10. The SMILES string of the molecule is NC(Cc1ccc([N+](=O)[O-])cc1)C(=O)O.O=C(NC(Cc1ccc([N+](=O)[O-])cc1)C(=O)O)OCc1ccccc1. The van der Waals surface area contributed by atoms with Crippen molar-refractivity contribution < 1.29 is 39.2 Å². The van der Waals surface area contributed by atoms with Gasteiger partial charge in [-0.2, -0.15) is 0 Å². The van der Waals surface area contributed by atoms with Gasteiger partial charge in [-0.1, -0.05) is 54.6 Å². The van der Waals surface area contributed by atoms with Crippen LogP contribution in [-0.2, 0) is 33.8 Å². The number of hydrogen-bond donors (Lipinski definition) is 4. The van der Waals surface area contributed by atoms with E-state index in [4.69, 9.17) is 15.6 Å². The molecule has 0 radical (unpaired) electrons. The standard InChI is InChI=1S/C17H16N2O6.C9H10N2O4/c20-16(21)15(10-12-6-8-14(9-7-12)19(23)24)18-17(22)25-11-13-4-2-1-3-5-13;10-8(9(12)13)5-6-1-3-7(4-2-6)11(14)15/h1-9,15H,10-11H2,(H,18,22)(H,20,21);1-4,8H,5,10H2,(H,12,13). The third kappa shape index (κ3) is 10.5. The van der Waals surface area contributed by atoms with Crippen LogP contribution in [0.3, 0.4) is 0 Å². The van der Waals surface area contributed by atoms with Crippen LogP contribution in [0.15, 0.2) is 78.9 Å². The van der Waals surface area contributed by atoms with Crippen LogP contribution in [0.25, 0.3) is 0 Å². The number of nitro benzene ring substituents is 2. The first-order valence-electron chi connectivity index (χ1n) is 11.6. The summed E-state index contributed by atoms with van der Waals surface area (Å²) in [6.07, 6.45) is -0.709. The zero-order valence-electron chi connectivity index (χ0n) is 20.9. The topological polar surface area (TPSA) is 225 Å². The van der Waals surface area contributed by atoms with E-state index in [-0.39, 0.29) is 30.8 Å². The maximum Gasteiger partial charge on any atom is 0.408 e. The first-order valence-corrected chi connectivity index (χ1v) is 11.6. The van der Waals surface area contributed by atoms with E-state index >= 15 is 0 Å². The average Bonchev–Trinajstić information content (AvgIpc) is 2.93. The van der Waals surface area contributed by atoms with E-state index in [9.17, 15) is 39.7 Å². The summed E-state index contributed by atoms with van der Waals surface area (Å²) in [5.74, 6) is -2.32. The molecule has 0 aliphatic carbocycles. The normalized spacial score (nSPS) is 11.6. The van der Waals surface area contributed by atoms with Gasteiger partial charge in [0.2, 0.25) is 0 Å². The molecule has 0 saturated carbocycles. The van der Waals surface area contributed by atoms with Crippen molar-refractivity contribution >= 4 is 29.4 Å². The highest BCUT2D eigenvalue weighted by atomic mass is 16.6. The predicted molar refractivity (Wildman–Crippen MR) is 140 cm³/mol. The molecule has 14 nitrogen and oxygen atoms in total. The van der Waals surface area contributed by atoms with Gasteiger partial charge in [0.25, 0.3) is 11.4 Å². The molecule has 210 valence electrons. The summed E-state index contributed by atoms with van der Waals surface area (Å²) in [6.45, 7) is 0.0243. The minimum absolute atomic E-state index is 0.0201. The molecule has 0 heterocycles. The molecule has 0 aromatic heterocycles. The van der Waals surface area contributed by atoms with Crippen LogP contribution in [0.2, 0.25) is 0 Å². The van der Waals surface area contributed by atoms with Crippen molar-refractivity contribution in [1.29, 1.82) is 0 Å². The number of carboxylic acid groups (broad SMARTS) is 2. The average molecular weight is 555 g/mol. The number of aliphatic carboxylic acids is 2. The fourth-order valence-electron chi connectivity index (χ4n) is 3.19. The summed E-state index contributed by atoms with van der Waals surface area (Å²) in [5, 5.41) is 41.0. The number of hydrogen-bond acceptors (Lipinski definition) is 9. The zero-order valence-corrected chi connectivity index (χ0v) is 20.9. The molecule has 3 aromatic carbocycles. The number of alkyl carbamates (subject to hydrolysis) is 1. The number of non-ortho nitro benzene ring substituents is 2. The second kappa shape index (κ2) is 15.1. The zero-order chi connectivity index (χ0) is 29.7. The van der Waals surface area contributed by atoms with E-state index in [0.29, 0.717) is 11.1 Å². The van der Waals surface area contributed by atoms with Crippen molar-refractivity contribution in [2.24, 2.45) is 5.73 Å². The number of carbonyl (C=O) groups is 3. The van der Waals surface area contributed by atoms with Crippen molar-refractivity contribution in [2.45, 2.75) is 31.5 Å². The Morgan fingerprint density at radius 2 is 1.23 bits per heavy atom. The van der Waals surface area contributed by atoms with Gasteiger partial charge in [0, 0.05) is 30.7 Å². The van der Waals surface area contributed by atoms with Crippen LogP contribution < -0.4 is 11.1 Å². The molecule has 0 bridgehead atoms. The van der Waals surface area contributed by atoms with Gasteiger partial charge in [-0.25, -0.2) is 9.59 Å². The summed E-state index contributed by atoms with van der Waals surface area (Å²) < 4.78 is 4.99. The van der Waals surface area contributed by atoms with Gasteiger partial charge in [-0.05, 0) is 23.1 Å². The molecule has 3 rings (SSSR count). The van der Waals surface area contributed by atoms with Gasteiger partial charge in [-0.15, -0.1) is 0 Å². The molecule has 14 heteroatoms. The van der Waals surface area contributed by atoms with E-state index in [0.717, 1.165) is 5.56 Å². The van der Waals surface area contributed by atoms with Gasteiger partial charge in [-0.3, -0.25) is 25.0 Å². The molecular weight excluding hydrogens is 528 g/mol. The first kappa shape index (κ1) is 30.9. The highest BCUT2D eigenvalue weighted by Crippen LogP contribution is 2.14. The number of nitro groups is 2. The van der Waals surface area contributed by atoms with E-state index in [1.54, 1.807) is 24.3 Å². The maximum absolute atomic E-state index is 11.8. The fraction of sp³-hybridized carbons (Fsp3) is 0.192. The predicted octanol–water partition coefficient (Wildman–Crippen LogP) is 3.07. The summed E-state index contributed by atoms with van der Waals surface area (Å²) in [4.78, 5) is 53.4. The van der Waals surface area contributed by atoms with E-state index < -0.39 is 40.0 Å². The Hall–Kier alpha value is -5.37. The van der Waals surface area contributed by atoms with Crippen LogP contribution in [0.4, 0.5) is 16.2 Å². The fourth-order valence-corrected chi connectivity index (χ4v) is 3.19. The molecule has 0 fully saturated rings. The van der Waals surface area contributed by atoms with Gasteiger partial charge >= 0.3 is 18.0 Å². The second-order valence-electron chi connectivity index (χ2n) is 8.30. The lowest BCUT2D eigenvalue weighted by molar-refractivity contribution is -0.385. The number of nitrogens with two attached hydrogens (primary N) is 1. The third-order valence-corrected chi connectivity index (χ3v) is 5.31. The van der Waals surface area contributed by atoms with Crippen molar-refractivity contribution in [3.05, 3.63) is 116 Å². The lowest BCUT2D eigenvalue weighted by Crippen LogP contribution is -2.42. The Labute approximate surface area is 227 Å². The van der Waals surface area contributed by atoms with Gasteiger partial charge < -0.3 is 26.0 Å². The van der Waals surface area contributed by atoms with E-state index in [2.05, 4.69) is 5.32 Å². The number of carbonyl (C=O) groups excluding carboxylic acids is 1. The summed E-state index contributed by atoms with van der Waals surface area (Å²) in [7, 11) is 0. The number of rotatable bonds is 11. The molecule has 40 heavy (non-hydrogen) atoms. The van der Waals surface area contributed by atoms with Gasteiger partial charge in [0.1, 0.15) is 18.7 Å². The lowest BCUT2D eigenvalue weighted by Gasteiger charge is -2.14. The molecule has 5 N–H and O–H groups in total. The van der Waals surface area contributed by atoms with Crippen molar-refractivity contribution in [2.75, 3.05) is 0 Å². The first-order chi connectivity index (χ1) is 19.0. The minimum Gasteiger partial charge on any atom is -0.480 e. The van der Waals surface area contributed by atoms with Crippen LogP contribution in [0, 0.1) is 20.2 Å². The number of benzene rings is 3. The highest BCUT2D eigenvalue weighted by molar-refractivity contribution is 5.80. The summed E-state index contributed by atoms with van der Waals surface area (Å²) in [6, 6.07) is 17.9. The quantitative estimate of drug-likeness (QED) is 0.199. The summed E-state index contributed by atoms with van der Waals surface area (Å²) in [5.41, 5.74) is 7.18. The van der Waals surface area contributed by atoms with Crippen LogP contribution in [-0.4, -0.2) is 50.2 Å². The van der Waals surface area contributed by atoms with E-state index in [1.165, 1.54) is 48.5 Å². The Morgan fingerprint density at radius 3 is 1.65 bits per heavy atom. The third-order valence-electron chi connectivity index (χ3n) is 5.31. The molecule has 0 aliphatic heterocycles. The molecule has 2 atom stereocenters. The molecule has 3 aromatic rings. The Balaban J connectivity index is 0.000000319. The number of nitrogens with one attached hydrogen (secondary N) is 1. The van der Waals surface area contributed by atoms with E-state index in [1.807, 2.05) is 6.07 Å². The maximum atomic E-state index is 11.8. The van der Waals surface area contributed by atoms with Crippen LogP contribution >= 0.6 is 0 Å². The van der Waals surface area contributed by atoms with Crippen LogP contribution in [0.1, 0.15) is 16.7 Å². The molecule has 2 unspecified atom stereocenters. The van der Waals surface area contributed by atoms with Crippen molar-refractivity contribution in [1.82, 2.24) is 5.32 Å². The molecule has 0 spiro atoms. The van der Waals surface area contributed by atoms with Crippen molar-refractivity contribution in [3.63, 3.8) is 0 Å². The van der Waals surface area contributed by atoms with Gasteiger partial charge in [0.05, 0.1) is 9.85 Å². The smallest absolute Gasteiger partial charge is 0.408 e. The summed E-state index contributed by atoms with van der Waals surface area (Å²) >= 11 is 0. The number of carboxylic acids is 2. The van der Waals surface area contributed by atoms with Crippen LogP contribution in [0.5, 0.6) is 0 Å². The van der Waals surface area contributed by atoms with Gasteiger partial charge in [0.15, 0.2) is 0 Å². The number of amides is 1. The number of nitrogens with zero attached hydrogens (tertiary/aromatic N) is 2. The lowest BCUT2D eigenvalue weighted by atomic mass is 10.1. The molecule has 1 amide bonds. The Kier molecular flexibility index (Phi) is 11.7. The second-order valence-corrected chi connectivity index (χ2v) is 8.30. The minimum atomic E-state index is -1.23. The monoisotopic (exact) mass is 554 g/mol. The molecule has 0 aliphatic rings. The Bertz CT molecular complexity index is 1320. The largest absolute Gasteiger partial charge is 0.480 e. The highest BCUT2D eigenvalue weighted by Gasteiger charge is 2.21. The Morgan fingerprint density at radius 1 is 0.750 bits per heavy atom. The van der Waals surface area contributed by atoms with Crippen molar-refractivity contribution in [3.8, 4) is 0 Å².